The summed E-state index contributed by atoms with van der Waals surface area (Å²) in [7, 11) is 1.69. The average molecular weight is 434 g/mol. The SMILES string of the molecule is CO[C@H]1C[C@@H](c2nc(COc3ccc(F)cc3)nn2-c2ccccn2)CC[C@@H]1N.Cl. The molecule has 0 amide bonds. The average Bonchev–Trinajstić information content (AvgIpc) is 3.19. The monoisotopic (exact) mass is 433 g/mol. The topological polar surface area (TPSA) is 88.1 Å². The minimum absolute atomic E-state index is 0. The molecule has 30 heavy (non-hydrogen) atoms. The zero-order valence-corrected chi connectivity index (χ0v) is 17.5. The van der Waals surface area contributed by atoms with Gasteiger partial charge in [-0.15, -0.1) is 17.5 Å². The van der Waals surface area contributed by atoms with Crippen molar-refractivity contribution in [3.8, 4) is 11.6 Å². The van der Waals surface area contributed by atoms with Crippen LogP contribution in [0.15, 0.2) is 48.7 Å². The number of methoxy groups -OCH3 is 1. The fourth-order valence-electron chi connectivity index (χ4n) is 3.68. The van der Waals surface area contributed by atoms with Crippen molar-refractivity contribution in [3.05, 3.63) is 66.1 Å². The Bertz CT molecular complexity index is 938. The largest absolute Gasteiger partial charge is 0.486 e. The molecule has 4 rings (SSSR count). The Balaban J connectivity index is 0.00000256. The number of nitrogens with two attached hydrogens (primary N) is 1. The summed E-state index contributed by atoms with van der Waals surface area (Å²) >= 11 is 0. The van der Waals surface area contributed by atoms with E-state index in [9.17, 15) is 4.39 Å². The van der Waals surface area contributed by atoms with Crippen molar-refractivity contribution in [2.24, 2.45) is 5.73 Å². The van der Waals surface area contributed by atoms with Gasteiger partial charge in [0.25, 0.3) is 0 Å². The first kappa shape index (κ1) is 22.1. The van der Waals surface area contributed by atoms with Crippen molar-refractivity contribution in [2.75, 3.05) is 7.11 Å². The predicted molar refractivity (Wildman–Crippen MR) is 112 cm³/mol. The van der Waals surface area contributed by atoms with Gasteiger partial charge < -0.3 is 15.2 Å². The van der Waals surface area contributed by atoms with Crippen molar-refractivity contribution in [1.82, 2.24) is 19.7 Å². The van der Waals surface area contributed by atoms with E-state index in [2.05, 4.69) is 10.1 Å². The number of aromatic nitrogens is 4. The van der Waals surface area contributed by atoms with Crippen LogP contribution in [0.25, 0.3) is 5.82 Å². The van der Waals surface area contributed by atoms with Crippen LogP contribution in [0, 0.1) is 5.82 Å². The quantitative estimate of drug-likeness (QED) is 0.640. The first-order valence-electron chi connectivity index (χ1n) is 9.68. The number of halogens is 2. The summed E-state index contributed by atoms with van der Waals surface area (Å²) in [5.41, 5.74) is 6.18. The van der Waals surface area contributed by atoms with Crippen molar-refractivity contribution in [2.45, 2.75) is 43.9 Å². The van der Waals surface area contributed by atoms with E-state index in [4.69, 9.17) is 20.2 Å². The van der Waals surface area contributed by atoms with Gasteiger partial charge in [-0.25, -0.2) is 14.4 Å². The molecule has 0 aliphatic heterocycles. The third-order valence-electron chi connectivity index (χ3n) is 5.23. The molecule has 2 N–H and O–H groups in total. The summed E-state index contributed by atoms with van der Waals surface area (Å²) < 4.78 is 26.2. The molecule has 1 aromatic carbocycles. The molecule has 2 aromatic heterocycles. The number of hydrogen-bond donors (Lipinski definition) is 1. The van der Waals surface area contributed by atoms with E-state index < -0.39 is 0 Å². The number of rotatable bonds is 6. The van der Waals surface area contributed by atoms with E-state index in [-0.39, 0.29) is 42.9 Å². The second-order valence-corrected chi connectivity index (χ2v) is 7.18. The van der Waals surface area contributed by atoms with E-state index in [0.717, 1.165) is 25.1 Å². The number of pyridine rings is 1. The fourth-order valence-corrected chi connectivity index (χ4v) is 3.68. The van der Waals surface area contributed by atoms with Crippen molar-refractivity contribution < 1.29 is 13.9 Å². The second kappa shape index (κ2) is 9.97. The third kappa shape index (κ3) is 4.95. The zero-order valence-electron chi connectivity index (χ0n) is 16.6. The molecule has 9 heteroatoms. The minimum Gasteiger partial charge on any atom is -0.486 e. The Hall–Kier alpha value is -2.55. The van der Waals surface area contributed by atoms with Crippen LogP contribution in [0.1, 0.15) is 36.8 Å². The molecule has 1 aliphatic carbocycles. The predicted octanol–water partition coefficient (Wildman–Crippen LogP) is 3.41. The van der Waals surface area contributed by atoms with Gasteiger partial charge in [0, 0.05) is 25.3 Å². The van der Waals surface area contributed by atoms with Gasteiger partial charge in [0.15, 0.2) is 11.6 Å². The number of ether oxygens (including phenoxy) is 2. The lowest BCUT2D eigenvalue weighted by atomic mass is 9.83. The maximum atomic E-state index is 13.1. The molecular formula is C21H25ClFN5O2. The lowest BCUT2D eigenvalue weighted by molar-refractivity contribution is 0.0458. The van der Waals surface area contributed by atoms with E-state index in [1.165, 1.54) is 12.1 Å². The van der Waals surface area contributed by atoms with Gasteiger partial charge in [-0.2, -0.15) is 4.68 Å². The second-order valence-electron chi connectivity index (χ2n) is 7.18. The Morgan fingerprint density at radius 2 is 1.97 bits per heavy atom. The van der Waals surface area contributed by atoms with Crippen LogP contribution < -0.4 is 10.5 Å². The molecule has 0 saturated heterocycles. The number of hydrogen-bond acceptors (Lipinski definition) is 6. The lowest BCUT2D eigenvalue weighted by Gasteiger charge is -2.32. The summed E-state index contributed by atoms with van der Waals surface area (Å²) in [5, 5.41) is 4.63. The van der Waals surface area contributed by atoms with Gasteiger partial charge in [-0.1, -0.05) is 6.07 Å². The van der Waals surface area contributed by atoms with Gasteiger partial charge >= 0.3 is 0 Å². The van der Waals surface area contributed by atoms with Crippen molar-refractivity contribution in [1.29, 1.82) is 0 Å². The molecule has 0 unspecified atom stereocenters. The molecule has 3 aromatic rings. The highest BCUT2D eigenvalue weighted by Crippen LogP contribution is 2.33. The van der Waals surface area contributed by atoms with Gasteiger partial charge in [0.2, 0.25) is 0 Å². The Kier molecular flexibility index (Phi) is 7.36. The Morgan fingerprint density at radius 3 is 2.67 bits per heavy atom. The van der Waals surface area contributed by atoms with E-state index >= 15 is 0 Å². The highest BCUT2D eigenvalue weighted by molar-refractivity contribution is 5.85. The van der Waals surface area contributed by atoms with Crippen molar-refractivity contribution >= 4 is 12.4 Å². The van der Waals surface area contributed by atoms with Crippen LogP contribution in [-0.2, 0) is 11.3 Å². The van der Waals surface area contributed by atoms with Crippen LogP contribution in [0.4, 0.5) is 4.39 Å². The fraction of sp³-hybridized carbons (Fsp3) is 0.381. The van der Waals surface area contributed by atoms with E-state index in [0.29, 0.717) is 17.4 Å². The highest BCUT2D eigenvalue weighted by Gasteiger charge is 2.32. The first-order valence-corrected chi connectivity index (χ1v) is 9.68. The zero-order chi connectivity index (χ0) is 20.2. The molecular weight excluding hydrogens is 409 g/mol. The van der Waals surface area contributed by atoms with Crippen LogP contribution in [0.3, 0.4) is 0 Å². The van der Waals surface area contributed by atoms with Crippen LogP contribution >= 0.6 is 12.4 Å². The van der Waals surface area contributed by atoms with E-state index in [1.54, 1.807) is 30.1 Å². The number of benzene rings is 1. The van der Waals surface area contributed by atoms with Gasteiger partial charge in [-0.05, 0) is 55.7 Å². The summed E-state index contributed by atoms with van der Waals surface area (Å²) in [6, 6.07) is 11.6. The van der Waals surface area contributed by atoms with Crippen LogP contribution in [0.2, 0.25) is 0 Å². The molecule has 1 fully saturated rings. The Labute approximate surface area is 180 Å². The van der Waals surface area contributed by atoms with Gasteiger partial charge in [0.05, 0.1) is 6.10 Å². The van der Waals surface area contributed by atoms with Crippen molar-refractivity contribution in [3.63, 3.8) is 0 Å². The van der Waals surface area contributed by atoms with Gasteiger partial charge in [0.1, 0.15) is 24.0 Å². The van der Waals surface area contributed by atoms with Crippen LogP contribution in [0.5, 0.6) is 5.75 Å². The first-order chi connectivity index (χ1) is 14.1. The molecule has 1 saturated carbocycles. The maximum absolute atomic E-state index is 13.1. The number of nitrogens with zero attached hydrogens (tertiary/aromatic N) is 4. The van der Waals surface area contributed by atoms with Crippen LogP contribution in [-0.4, -0.2) is 39.0 Å². The molecule has 0 radical (unpaired) electrons. The highest BCUT2D eigenvalue weighted by atomic mass is 35.5. The molecule has 7 nitrogen and oxygen atoms in total. The summed E-state index contributed by atoms with van der Waals surface area (Å²) in [4.78, 5) is 9.18. The lowest BCUT2D eigenvalue weighted by Crippen LogP contribution is -2.41. The molecule has 3 atom stereocenters. The molecule has 2 heterocycles. The Morgan fingerprint density at radius 1 is 1.17 bits per heavy atom. The molecule has 1 aliphatic rings. The van der Waals surface area contributed by atoms with Gasteiger partial charge in [-0.3, -0.25) is 0 Å². The smallest absolute Gasteiger partial charge is 0.188 e. The summed E-state index contributed by atoms with van der Waals surface area (Å²) in [6.07, 6.45) is 4.26. The standard InChI is InChI=1S/C21H24FN5O2.ClH/c1-28-18-12-14(5-10-17(18)23)21-25-19(13-29-16-8-6-15(22)7-9-16)26-27(21)20-4-2-3-11-24-20;/h2-4,6-9,11,14,17-18H,5,10,12-13,23H2,1H3;1H/t14-,17-,18-;/m0./s1. The summed E-state index contributed by atoms with van der Waals surface area (Å²) in [6.45, 7) is 0.179. The van der Waals surface area contributed by atoms with E-state index in [1.807, 2.05) is 18.2 Å². The third-order valence-corrected chi connectivity index (χ3v) is 5.23. The maximum Gasteiger partial charge on any atom is 0.188 e. The molecule has 160 valence electrons. The molecule has 0 spiro atoms. The normalized spacial score (nSPS) is 21.1. The molecule has 0 bridgehead atoms. The minimum atomic E-state index is -0.305. The summed E-state index contributed by atoms with van der Waals surface area (Å²) in [5.74, 6) is 2.49.